The van der Waals surface area contributed by atoms with Crippen LogP contribution >= 0.6 is 0 Å². The Labute approximate surface area is 105 Å². The van der Waals surface area contributed by atoms with Gasteiger partial charge < -0.3 is 0 Å². The molecule has 1 aliphatic rings. The lowest BCUT2D eigenvalue weighted by atomic mass is 10.7. The van der Waals surface area contributed by atoms with E-state index in [9.17, 15) is 38.4 Å². The minimum absolute atomic E-state index is 0.194. The van der Waals surface area contributed by atoms with E-state index in [-0.39, 0.29) is 4.13 Å². The van der Waals surface area contributed by atoms with Gasteiger partial charge >= 0.3 is 36.2 Å². The Hall–Kier alpha value is -0.520. The SMILES string of the molecule is O=S(=O)(NS(=O)(=O)C(F)(F)F)OC1COS(=O)(=O)O1. The molecular formula is C3H4F3NO9S3. The number of nitrogens with one attached hydrogen (secondary N) is 1. The zero-order valence-electron chi connectivity index (χ0n) is 8.32. The maximum Gasteiger partial charge on any atom is 0.512 e. The monoisotopic (exact) mass is 351 g/mol. The Morgan fingerprint density at radius 3 is 2.11 bits per heavy atom. The van der Waals surface area contributed by atoms with Gasteiger partial charge in [0.05, 0.1) is 0 Å². The zero-order chi connectivity index (χ0) is 15.1. The fourth-order valence-electron chi connectivity index (χ4n) is 0.712. The summed E-state index contributed by atoms with van der Waals surface area (Å²) in [6.45, 7) is -0.977. The lowest BCUT2D eigenvalue weighted by molar-refractivity contribution is -0.0444. The Bertz CT molecular complexity index is 645. The first kappa shape index (κ1) is 16.5. The minimum atomic E-state index is -6.23. The molecule has 0 aromatic heterocycles. The van der Waals surface area contributed by atoms with Crippen LogP contribution in [0, 0.1) is 0 Å². The summed E-state index contributed by atoms with van der Waals surface area (Å²) >= 11 is 0. The topological polar surface area (TPSA) is 142 Å². The normalized spacial score (nSPS) is 24.5. The number of hydrogen-bond donors (Lipinski definition) is 1. The van der Waals surface area contributed by atoms with Gasteiger partial charge in [0.25, 0.3) is 0 Å². The molecular weight excluding hydrogens is 347 g/mol. The highest BCUT2D eigenvalue weighted by Gasteiger charge is 2.49. The Morgan fingerprint density at radius 1 is 1.21 bits per heavy atom. The summed E-state index contributed by atoms with van der Waals surface area (Å²) in [5.41, 5.74) is -5.90. The molecule has 16 heteroatoms. The first-order valence-corrected chi connectivity index (χ1v) is 8.07. The van der Waals surface area contributed by atoms with E-state index in [1.807, 2.05) is 0 Å². The minimum Gasteiger partial charge on any atom is -0.243 e. The number of rotatable bonds is 4. The molecule has 1 saturated heterocycles. The van der Waals surface area contributed by atoms with Crippen LogP contribution in [-0.4, -0.2) is 43.7 Å². The van der Waals surface area contributed by atoms with Crippen molar-refractivity contribution in [2.75, 3.05) is 6.61 Å². The molecule has 19 heavy (non-hydrogen) atoms. The second kappa shape index (κ2) is 4.79. The van der Waals surface area contributed by atoms with Crippen molar-refractivity contribution in [1.82, 2.24) is 4.13 Å². The zero-order valence-corrected chi connectivity index (χ0v) is 10.8. The van der Waals surface area contributed by atoms with Crippen LogP contribution in [0.3, 0.4) is 0 Å². The molecule has 1 unspecified atom stereocenters. The van der Waals surface area contributed by atoms with E-state index < -0.39 is 49.1 Å². The van der Waals surface area contributed by atoms with Gasteiger partial charge in [-0.25, -0.2) is 21.0 Å². The number of sulfonamides is 1. The quantitative estimate of drug-likeness (QED) is 0.627. The Balaban J connectivity index is 2.80. The third kappa shape index (κ3) is 4.51. The number of halogens is 3. The van der Waals surface area contributed by atoms with E-state index in [0.717, 1.165) is 0 Å². The van der Waals surface area contributed by atoms with E-state index >= 15 is 0 Å². The second-order valence-corrected chi connectivity index (χ2v) is 7.28. The Morgan fingerprint density at radius 2 is 1.74 bits per heavy atom. The first-order valence-electron chi connectivity index (χ1n) is 3.85. The van der Waals surface area contributed by atoms with Crippen LogP contribution in [-0.2, 0) is 43.3 Å². The van der Waals surface area contributed by atoms with Crippen molar-refractivity contribution in [3.8, 4) is 0 Å². The van der Waals surface area contributed by atoms with Gasteiger partial charge in [0, 0.05) is 0 Å². The third-order valence-electron chi connectivity index (χ3n) is 1.32. The highest BCUT2D eigenvalue weighted by atomic mass is 32.3. The maximum atomic E-state index is 11.9. The summed E-state index contributed by atoms with van der Waals surface area (Å²) in [5, 5.41) is 0. The summed E-state index contributed by atoms with van der Waals surface area (Å²) in [5.74, 6) is 0. The maximum absolute atomic E-state index is 11.9. The summed E-state index contributed by atoms with van der Waals surface area (Å²) in [6, 6.07) is 0. The smallest absolute Gasteiger partial charge is 0.243 e. The van der Waals surface area contributed by atoms with Gasteiger partial charge in [-0.3, -0.25) is 0 Å². The molecule has 0 radical (unpaired) electrons. The molecule has 0 aromatic carbocycles. The van der Waals surface area contributed by atoms with Crippen molar-refractivity contribution in [3.05, 3.63) is 0 Å². The first-order chi connectivity index (χ1) is 8.24. The molecule has 0 aliphatic carbocycles. The lowest BCUT2D eigenvalue weighted by Crippen LogP contribution is -2.42. The average Bonchev–Trinajstić information content (AvgIpc) is 2.39. The van der Waals surface area contributed by atoms with Crippen LogP contribution in [0.15, 0.2) is 0 Å². The largest absolute Gasteiger partial charge is 0.512 e. The van der Waals surface area contributed by atoms with E-state index in [1.165, 1.54) is 0 Å². The molecule has 0 bridgehead atoms. The molecule has 10 nitrogen and oxygen atoms in total. The van der Waals surface area contributed by atoms with Crippen molar-refractivity contribution in [1.29, 1.82) is 0 Å². The van der Waals surface area contributed by atoms with Gasteiger partial charge in [-0.1, -0.05) is 4.13 Å². The summed E-state index contributed by atoms with van der Waals surface area (Å²) in [7, 11) is -16.2. The summed E-state index contributed by atoms with van der Waals surface area (Å²) < 4.78 is 111. The molecule has 1 heterocycles. The van der Waals surface area contributed by atoms with Crippen LogP contribution < -0.4 is 4.13 Å². The van der Waals surface area contributed by atoms with Crippen molar-refractivity contribution in [2.45, 2.75) is 11.8 Å². The van der Waals surface area contributed by atoms with Gasteiger partial charge in [0.1, 0.15) is 6.61 Å². The van der Waals surface area contributed by atoms with E-state index in [1.54, 1.807) is 0 Å². The molecule has 0 saturated carbocycles. The van der Waals surface area contributed by atoms with Crippen molar-refractivity contribution < 1.29 is 51.0 Å². The average molecular weight is 351 g/mol. The second-order valence-electron chi connectivity index (χ2n) is 2.80. The van der Waals surface area contributed by atoms with E-state index in [2.05, 4.69) is 12.5 Å². The molecule has 1 N–H and O–H groups in total. The van der Waals surface area contributed by atoms with Gasteiger partial charge in [0.2, 0.25) is 6.29 Å². The molecule has 1 atom stereocenters. The highest BCUT2D eigenvalue weighted by Crippen LogP contribution is 2.23. The van der Waals surface area contributed by atoms with Gasteiger partial charge in [-0.05, 0) is 0 Å². The predicted molar refractivity (Wildman–Crippen MR) is 47.9 cm³/mol. The predicted octanol–water partition coefficient (Wildman–Crippen LogP) is -1.70. The van der Waals surface area contributed by atoms with Crippen LogP contribution in [0.25, 0.3) is 0 Å². The van der Waals surface area contributed by atoms with Gasteiger partial charge in [-0.15, -0.1) is 0 Å². The molecule has 0 aromatic rings. The Kier molecular flexibility index (Phi) is 4.17. The third-order valence-corrected chi connectivity index (χ3v) is 4.97. The fraction of sp³-hybridized carbons (Fsp3) is 1.00. The van der Waals surface area contributed by atoms with Crippen molar-refractivity contribution in [3.63, 3.8) is 0 Å². The number of alkyl halides is 3. The van der Waals surface area contributed by atoms with Crippen molar-refractivity contribution >= 4 is 30.7 Å². The highest BCUT2D eigenvalue weighted by molar-refractivity contribution is 8.03. The van der Waals surface area contributed by atoms with Crippen molar-refractivity contribution in [2.24, 2.45) is 0 Å². The van der Waals surface area contributed by atoms with Crippen LogP contribution in [0.4, 0.5) is 13.2 Å². The standard InChI is InChI=1S/C3H4F3NO9S3/c4-3(5,6)17(8,9)7-18(10,11)15-2-1-14-19(12,13)16-2/h2,7H,1H2. The summed E-state index contributed by atoms with van der Waals surface area (Å²) in [6.07, 6.45) is -2.13. The van der Waals surface area contributed by atoms with Crippen LogP contribution in [0.1, 0.15) is 0 Å². The molecule has 114 valence electrons. The summed E-state index contributed by atoms with van der Waals surface area (Å²) in [4.78, 5) is 0. The molecule has 1 fully saturated rings. The lowest BCUT2D eigenvalue weighted by Gasteiger charge is -2.11. The number of hydrogen-bond acceptors (Lipinski definition) is 9. The van der Waals surface area contributed by atoms with Gasteiger partial charge in [0.15, 0.2) is 0 Å². The van der Waals surface area contributed by atoms with Gasteiger partial charge in [-0.2, -0.15) is 30.0 Å². The van der Waals surface area contributed by atoms with E-state index in [0.29, 0.717) is 0 Å². The van der Waals surface area contributed by atoms with Crippen LogP contribution in [0.5, 0.6) is 0 Å². The molecule has 1 rings (SSSR count). The van der Waals surface area contributed by atoms with Crippen LogP contribution in [0.2, 0.25) is 0 Å². The molecule has 0 amide bonds. The molecule has 0 spiro atoms. The molecule has 1 aliphatic heterocycles. The fourth-order valence-corrected chi connectivity index (χ4v) is 3.44. The van der Waals surface area contributed by atoms with E-state index in [4.69, 9.17) is 0 Å².